The van der Waals surface area contributed by atoms with E-state index in [1.54, 1.807) is 12.1 Å². The lowest BCUT2D eigenvalue weighted by molar-refractivity contribution is -0.0504. The maximum absolute atomic E-state index is 12.4. The highest BCUT2D eigenvalue weighted by atomic mass is 19.3. The van der Waals surface area contributed by atoms with Gasteiger partial charge < -0.3 is 10.1 Å². The molecule has 3 unspecified atom stereocenters. The average molecular weight is 281 g/mol. The summed E-state index contributed by atoms with van der Waals surface area (Å²) in [4.78, 5) is 0. The molecule has 1 saturated carbocycles. The third-order valence-electron chi connectivity index (χ3n) is 4.79. The van der Waals surface area contributed by atoms with E-state index in [4.69, 9.17) is 0 Å². The van der Waals surface area contributed by atoms with Crippen molar-refractivity contribution in [3.05, 3.63) is 29.8 Å². The first-order chi connectivity index (χ1) is 9.74. The Hall–Kier alpha value is -1.16. The van der Waals surface area contributed by atoms with E-state index in [1.165, 1.54) is 19.3 Å². The van der Waals surface area contributed by atoms with Crippen LogP contribution in [-0.2, 0) is 6.42 Å². The molecule has 0 radical (unpaired) electrons. The van der Waals surface area contributed by atoms with Crippen molar-refractivity contribution < 1.29 is 13.5 Å². The van der Waals surface area contributed by atoms with Gasteiger partial charge in [-0.25, -0.2) is 0 Å². The lowest BCUT2D eigenvalue weighted by atomic mass is 9.90. The van der Waals surface area contributed by atoms with Crippen LogP contribution < -0.4 is 10.1 Å². The molecule has 0 spiro atoms. The van der Waals surface area contributed by atoms with Gasteiger partial charge in [0.05, 0.1) is 0 Å². The fourth-order valence-corrected chi connectivity index (χ4v) is 3.85. The van der Waals surface area contributed by atoms with E-state index < -0.39 is 6.61 Å². The van der Waals surface area contributed by atoms with Gasteiger partial charge in [0.1, 0.15) is 5.75 Å². The number of para-hydroxylation sites is 1. The van der Waals surface area contributed by atoms with E-state index in [-0.39, 0.29) is 0 Å². The van der Waals surface area contributed by atoms with Crippen molar-refractivity contribution in [1.29, 1.82) is 0 Å². The average Bonchev–Trinajstić information content (AvgIpc) is 3.00. The molecule has 2 aliphatic rings. The molecule has 1 saturated heterocycles. The molecule has 0 aromatic heterocycles. The van der Waals surface area contributed by atoms with Crippen LogP contribution in [0, 0.1) is 11.8 Å². The maximum atomic E-state index is 12.4. The van der Waals surface area contributed by atoms with Crippen molar-refractivity contribution in [3.8, 4) is 5.75 Å². The Morgan fingerprint density at radius 3 is 2.95 bits per heavy atom. The Bertz CT molecular complexity index is 452. The highest BCUT2D eigenvalue weighted by molar-refractivity contribution is 5.33. The Balaban J connectivity index is 1.61. The number of hydrogen-bond donors (Lipinski definition) is 1. The summed E-state index contributed by atoms with van der Waals surface area (Å²) in [5.74, 6) is 1.95. The fourth-order valence-electron chi connectivity index (χ4n) is 3.85. The third kappa shape index (κ3) is 2.95. The number of benzene rings is 1. The topological polar surface area (TPSA) is 21.3 Å². The Morgan fingerprint density at radius 1 is 1.25 bits per heavy atom. The maximum Gasteiger partial charge on any atom is 0.387 e. The number of nitrogens with one attached hydrogen (secondary N) is 1. The molecule has 0 bridgehead atoms. The predicted octanol–water partition coefficient (Wildman–Crippen LogP) is 3.61. The summed E-state index contributed by atoms with van der Waals surface area (Å²) in [6, 6.07) is 7.68. The molecule has 20 heavy (non-hydrogen) atoms. The smallest absolute Gasteiger partial charge is 0.387 e. The van der Waals surface area contributed by atoms with Gasteiger partial charge in [0.15, 0.2) is 0 Å². The second-order valence-corrected chi connectivity index (χ2v) is 5.89. The molecule has 1 aliphatic heterocycles. The molecular formula is C16H21F2NO. The summed E-state index contributed by atoms with van der Waals surface area (Å²) in [7, 11) is 0. The van der Waals surface area contributed by atoms with E-state index >= 15 is 0 Å². The molecule has 4 heteroatoms. The molecule has 1 heterocycles. The number of halogens is 2. The molecule has 1 aromatic rings. The summed E-state index contributed by atoms with van der Waals surface area (Å²) in [5.41, 5.74) is 0.885. The van der Waals surface area contributed by atoms with E-state index in [0.717, 1.165) is 36.8 Å². The fraction of sp³-hybridized carbons (Fsp3) is 0.625. The lowest BCUT2D eigenvalue weighted by Crippen LogP contribution is -2.27. The molecule has 1 aliphatic carbocycles. The van der Waals surface area contributed by atoms with Crippen LogP contribution in [0.5, 0.6) is 5.75 Å². The first-order valence-electron chi connectivity index (χ1n) is 7.50. The van der Waals surface area contributed by atoms with E-state index in [2.05, 4.69) is 10.1 Å². The zero-order valence-corrected chi connectivity index (χ0v) is 11.5. The van der Waals surface area contributed by atoms with Gasteiger partial charge in [-0.1, -0.05) is 24.6 Å². The summed E-state index contributed by atoms with van der Waals surface area (Å²) in [5, 5.41) is 3.60. The van der Waals surface area contributed by atoms with Gasteiger partial charge in [0, 0.05) is 6.04 Å². The third-order valence-corrected chi connectivity index (χ3v) is 4.79. The van der Waals surface area contributed by atoms with Gasteiger partial charge >= 0.3 is 6.61 Å². The first kappa shape index (κ1) is 13.8. The van der Waals surface area contributed by atoms with Gasteiger partial charge in [-0.15, -0.1) is 0 Å². The Labute approximate surface area is 118 Å². The number of aryl methyl sites for hydroxylation is 1. The molecule has 2 nitrogen and oxygen atoms in total. The summed E-state index contributed by atoms with van der Waals surface area (Å²) < 4.78 is 29.4. The molecular weight excluding hydrogens is 260 g/mol. The predicted molar refractivity (Wildman–Crippen MR) is 74.0 cm³/mol. The lowest BCUT2D eigenvalue weighted by Gasteiger charge is -2.19. The highest BCUT2D eigenvalue weighted by Crippen LogP contribution is 2.39. The SMILES string of the molecule is FC(F)Oc1ccccc1CCC1NCC2CCCC21. The summed E-state index contributed by atoms with van der Waals surface area (Å²) in [6.45, 7) is -1.62. The summed E-state index contributed by atoms with van der Waals surface area (Å²) in [6.07, 6.45) is 5.81. The van der Waals surface area contributed by atoms with Crippen LogP contribution >= 0.6 is 0 Å². The first-order valence-corrected chi connectivity index (χ1v) is 7.50. The van der Waals surface area contributed by atoms with Gasteiger partial charge in [-0.05, 0) is 55.7 Å². The van der Waals surface area contributed by atoms with Crippen LogP contribution in [0.2, 0.25) is 0 Å². The molecule has 3 atom stereocenters. The van der Waals surface area contributed by atoms with Crippen molar-refractivity contribution in [2.24, 2.45) is 11.8 Å². The number of fused-ring (bicyclic) bond motifs is 1. The van der Waals surface area contributed by atoms with Crippen molar-refractivity contribution in [1.82, 2.24) is 5.32 Å². The zero-order chi connectivity index (χ0) is 13.9. The Kier molecular flexibility index (Phi) is 4.20. The molecule has 110 valence electrons. The van der Waals surface area contributed by atoms with Crippen LogP contribution in [0.25, 0.3) is 0 Å². The normalized spacial score (nSPS) is 28.9. The standard InChI is InChI=1S/C16H21F2NO/c17-16(18)20-15-7-2-1-4-11(15)8-9-14-13-6-3-5-12(13)10-19-14/h1-2,4,7,12-14,16,19H,3,5-6,8-10H2. The zero-order valence-electron chi connectivity index (χ0n) is 11.5. The Morgan fingerprint density at radius 2 is 2.10 bits per heavy atom. The second kappa shape index (κ2) is 6.08. The minimum Gasteiger partial charge on any atom is -0.435 e. The van der Waals surface area contributed by atoms with Crippen LogP contribution in [0.1, 0.15) is 31.2 Å². The largest absolute Gasteiger partial charge is 0.435 e. The van der Waals surface area contributed by atoms with Crippen molar-refractivity contribution in [3.63, 3.8) is 0 Å². The van der Waals surface area contributed by atoms with Crippen LogP contribution in [0.3, 0.4) is 0 Å². The molecule has 1 N–H and O–H groups in total. The van der Waals surface area contributed by atoms with Gasteiger partial charge in [0.25, 0.3) is 0 Å². The highest BCUT2D eigenvalue weighted by Gasteiger charge is 2.38. The van der Waals surface area contributed by atoms with Gasteiger partial charge in [0.2, 0.25) is 0 Å². The number of ether oxygens (including phenoxy) is 1. The van der Waals surface area contributed by atoms with E-state index in [0.29, 0.717) is 11.8 Å². The minimum absolute atomic E-state index is 0.323. The minimum atomic E-state index is -2.75. The van der Waals surface area contributed by atoms with Crippen LogP contribution in [0.4, 0.5) is 8.78 Å². The van der Waals surface area contributed by atoms with Crippen LogP contribution in [0.15, 0.2) is 24.3 Å². The van der Waals surface area contributed by atoms with Crippen molar-refractivity contribution in [2.75, 3.05) is 6.54 Å². The quantitative estimate of drug-likeness (QED) is 0.890. The number of alkyl halides is 2. The van der Waals surface area contributed by atoms with Crippen molar-refractivity contribution in [2.45, 2.75) is 44.8 Å². The van der Waals surface area contributed by atoms with Crippen LogP contribution in [-0.4, -0.2) is 19.2 Å². The van der Waals surface area contributed by atoms with E-state index in [9.17, 15) is 8.78 Å². The molecule has 0 amide bonds. The number of rotatable bonds is 5. The van der Waals surface area contributed by atoms with Gasteiger partial charge in [-0.2, -0.15) is 8.78 Å². The number of hydrogen-bond acceptors (Lipinski definition) is 2. The van der Waals surface area contributed by atoms with E-state index in [1.807, 2.05) is 12.1 Å². The van der Waals surface area contributed by atoms with Crippen molar-refractivity contribution >= 4 is 0 Å². The second-order valence-electron chi connectivity index (χ2n) is 5.89. The molecule has 2 fully saturated rings. The summed E-state index contributed by atoms with van der Waals surface area (Å²) >= 11 is 0. The molecule has 3 rings (SSSR count). The monoisotopic (exact) mass is 281 g/mol. The van der Waals surface area contributed by atoms with Gasteiger partial charge in [-0.3, -0.25) is 0 Å². The molecule has 1 aromatic carbocycles.